The smallest absolute Gasteiger partial charge is 0.408 e. The SMILES string of the molecule is CCN(C(C)=O)c1cc(C(=O)NNC(=O)C(C)(Cc2ccccc2)NC(=O)OC(C)(C)C)cc(C(=O)O)n1. The zero-order chi connectivity index (χ0) is 28.7. The lowest BCUT2D eigenvalue weighted by molar-refractivity contribution is -0.128. The van der Waals surface area contributed by atoms with Crippen molar-refractivity contribution in [3.63, 3.8) is 0 Å². The minimum Gasteiger partial charge on any atom is -0.477 e. The molecule has 1 atom stereocenters. The number of hydrazine groups is 1. The third kappa shape index (κ3) is 8.29. The van der Waals surface area contributed by atoms with Crippen LogP contribution in [0.5, 0.6) is 0 Å². The molecule has 204 valence electrons. The second kappa shape index (κ2) is 12.2. The number of amides is 4. The summed E-state index contributed by atoms with van der Waals surface area (Å²) in [4.78, 5) is 67.3. The highest BCUT2D eigenvalue weighted by molar-refractivity contribution is 6.00. The number of carbonyl (C=O) groups is 5. The predicted octanol–water partition coefficient (Wildman–Crippen LogP) is 2.44. The first-order valence-electron chi connectivity index (χ1n) is 11.8. The molecular formula is C26H33N5O7. The van der Waals surface area contributed by atoms with Crippen LogP contribution in [0.25, 0.3) is 0 Å². The molecule has 1 heterocycles. The molecule has 4 N–H and O–H groups in total. The first-order chi connectivity index (χ1) is 17.6. The Bertz CT molecular complexity index is 1210. The predicted molar refractivity (Wildman–Crippen MR) is 138 cm³/mol. The number of hydrogen-bond donors (Lipinski definition) is 4. The van der Waals surface area contributed by atoms with Crippen LogP contribution in [0, 0.1) is 0 Å². The van der Waals surface area contributed by atoms with Crippen LogP contribution in [-0.4, -0.2) is 57.6 Å². The highest BCUT2D eigenvalue weighted by atomic mass is 16.6. The summed E-state index contributed by atoms with van der Waals surface area (Å²) in [6.07, 6.45) is -0.757. The van der Waals surface area contributed by atoms with Crippen molar-refractivity contribution in [1.29, 1.82) is 0 Å². The van der Waals surface area contributed by atoms with Crippen LogP contribution >= 0.6 is 0 Å². The van der Waals surface area contributed by atoms with E-state index in [-0.39, 0.29) is 24.3 Å². The number of benzene rings is 1. The van der Waals surface area contributed by atoms with E-state index in [4.69, 9.17) is 4.74 Å². The number of anilines is 1. The van der Waals surface area contributed by atoms with Gasteiger partial charge in [-0.15, -0.1) is 0 Å². The number of ether oxygens (including phenoxy) is 1. The fraction of sp³-hybridized carbons (Fsp3) is 0.385. The summed E-state index contributed by atoms with van der Waals surface area (Å²) in [5, 5.41) is 12.0. The maximum Gasteiger partial charge on any atom is 0.408 e. The van der Waals surface area contributed by atoms with Crippen molar-refractivity contribution in [2.24, 2.45) is 0 Å². The monoisotopic (exact) mass is 527 g/mol. The lowest BCUT2D eigenvalue weighted by atomic mass is 9.92. The number of pyridine rings is 1. The van der Waals surface area contributed by atoms with Crippen LogP contribution in [0.2, 0.25) is 0 Å². The molecule has 2 rings (SSSR count). The Balaban J connectivity index is 2.29. The van der Waals surface area contributed by atoms with Gasteiger partial charge in [-0.2, -0.15) is 0 Å². The summed E-state index contributed by atoms with van der Waals surface area (Å²) in [5.41, 5.74) is 2.29. The highest BCUT2D eigenvalue weighted by Crippen LogP contribution is 2.18. The zero-order valence-electron chi connectivity index (χ0n) is 22.2. The molecule has 0 aliphatic carbocycles. The summed E-state index contributed by atoms with van der Waals surface area (Å²) in [6.45, 7) is 9.66. The van der Waals surface area contributed by atoms with E-state index in [0.29, 0.717) is 0 Å². The topological polar surface area (TPSA) is 167 Å². The fourth-order valence-corrected chi connectivity index (χ4v) is 3.48. The molecule has 0 saturated carbocycles. The molecule has 2 aromatic rings. The first-order valence-corrected chi connectivity index (χ1v) is 11.8. The van der Waals surface area contributed by atoms with Gasteiger partial charge >= 0.3 is 12.1 Å². The maximum atomic E-state index is 13.2. The first kappa shape index (κ1) is 29.7. The molecule has 38 heavy (non-hydrogen) atoms. The number of carboxylic acids is 1. The molecule has 4 amide bonds. The number of hydrogen-bond acceptors (Lipinski definition) is 7. The van der Waals surface area contributed by atoms with E-state index in [2.05, 4.69) is 21.2 Å². The van der Waals surface area contributed by atoms with Crippen molar-refractivity contribution in [3.05, 3.63) is 59.3 Å². The quantitative estimate of drug-likeness (QED) is 0.380. The van der Waals surface area contributed by atoms with Crippen LogP contribution in [0.4, 0.5) is 10.6 Å². The Morgan fingerprint density at radius 3 is 2.16 bits per heavy atom. The molecule has 12 heteroatoms. The van der Waals surface area contributed by atoms with E-state index in [1.165, 1.54) is 24.8 Å². The largest absolute Gasteiger partial charge is 0.477 e. The van der Waals surface area contributed by atoms with Gasteiger partial charge in [-0.1, -0.05) is 30.3 Å². The third-order valence-corrected chi connectivity index (χ3v) is 5.23. The van der Waals surface area contributed by atoms with Gasteiger partial charge in [0.25, 0.3) is 11.8 Å². The van der Waals surface area contributed by atoms with Gasteiger partial charge in [0.15, 0.2) is 5.69 Å². The van der Waals surface area contributed by atoms with Gasteiger partial charge in [0.1, 0.15) is 17.0 Å². The van der Waals surface area contributed by atoms with E-state index in [9.17, 15) is 29.1 Å². The summed E-state index contributed by atoms with van der Waals surface area (Å²) in [5.74, 6) is -3.44. The number of nitrogens with one attached hydrogen (secondary N) is 3. The molecule has 0 radical (unpaired) electrons. The normalized spacial score (nSPS) is 12.5. The van der Waals surface area contributed by atoms with Crippen molar-refractivity contribution >= 4 is 35.6 Å². The summed E-state index contributed by atoms with van der Waals surface area (Å²) < 4.78 is 5.31. The second-order valence-corrected chi connectivity index (χ2v) is 9.70. The van der Waals surface area contributed by atoms with Crippen LogP contribution < -0.4 is 21.1 Å². The van der Waals surface area contributed by atoms with Crippen LogP contribution in [-0.2, 0) is 20.7 Å². The van der Waals surface area contributed by atoms with Gasteiger partial charge in [0, 0.05) is 25.5 Å². The average molecular weight is 528 g/mol. The van der Waals surface area contributed by atoms with Crippen molar-refractivity contribution in [2.45, 2.75) is 59.1 Å². The Hall–Kier alpha value is -4.48. The van der Waals surface area contributed by atoms with E-state index < -0.39 is 46.6 Å². The van der Waals surface area contributed by atoms with Gasteiger partial charge in [0.05, 0.1) is 0 Å². The number of aromatic nitrogens is 1. The number of nitrogens with zero attached hydrogens (tertiary/aromatic N) is 2. The number of carbonyl (C=O) groups excluding carboxylic acids is 4. The number of aromatic carboxylic acids is 1. The molecular weight excluding hydrogens is 494 g/mol. The number of alkyl carbamates (subject to hydrolysis) is 1. The molecule has 12 nitrogen and oxygen atoms in total. The molecule has 0 aliphatic heterocycles. The van der Waals surface area contributed by atoms with E-state index in [0.717, 1.165) is 11.6 Å². The number of rotatable bonds is 8. The Morgan fingerprint density at radius 1 is 1.00 bits per heavy atom. The summed E-state index contributed by atoms with van der Waals surface area (Å²) in [7, 11) is 0. The van der Waals surface area contributed by atoms with Crippen molar-refractivity contribution in [3.8, 4) is 0 Å². The molecule has 0 bridgehead atoms. The molecule has 1 aromatic heterocycles. The summed E-state index contributed by atoms with van der Waals surface area (Å²) in [6, 6.07) is 11.2. The highest BCUT2D eigenvalue weighted by Gasteiger charge is 2.37. The van der Waals surface area contributed by atoms with Gasteiger partial charge in [0.2, 0.25) is 5.91 Å². The van der Waals surface area contributed by atoms with Crippen LogP contribution in [0.1, 0.15) is 68.0 Å². The zero-order valence-corrected chi connectivity index (χ0v) is 22.2. The van der Waals surface area contributed by atoms with E-state index in [1.807, 2.05) is 6.07 Å². The minimum atomic E-state index is -1.54. The van der Waals surface area contributed by atoms with E-state index >= 15 is 0 Å². The Kier molecular flexibility index (Phi) is 9.53. The standard InChI is InChI=1S/C26H33N5O7/c1-7-31(16(2)32)20-14-18(13-19(27-20)22(34)35)21(33)29-30-23(36)26(6,15-17-11-9-8-10-12-17)28-24(37)38-25(3,4)5/h8-14H,7,15H2,1-6H3,(H,28,37)(H,29,33)(H,30,36)(H,34,35). The molecule has 0 saturated heterocycles. The molecule has 1 unspecified atom stereocenters. The Labute approximate surface area is 220 Å². The molecule has 0 fully saturated rings. The lowest BCUT2D eigenvalue weighted by Crippen LogP contribution is -2.61. The third-order valence-electron chi connectivity index (χ3n) is 5.23. The number of carboxylic acid groups (broad SMARTS) is 1. The fourth-order valence-electron chi connectivity index (χ4n) is 3.48. The van der Waals surface area contributed by atoms with Crippen LogP contribution in [0.3, 0.4) is 0 Å². The maximum absolute atomic E-state index is 13.2. The summed E-state index contributed by atoms with van der Waals surface area (Å²) >= 11 is 0. The van der Waals surface area contributed by atoms with Crippen molar-refractivity contribution in [2.75, 3.05) is 11.4 Å². The van der Waals surface area contributed by atoms with Gasteiger partial charge < -0.3 is 15.2 Å². The van der Waals surface area contributed by atoms with Crippen molar-refractivity contribution < 1.29 is 33.8 Å². The van der Waals surface area contributed by atoms with E-state index in [1.54, 1.807) is 52.0 Å². The van der Waals surface area contributed by atoms with Gasteiger partial charge in [-0.3, -0.25) is 30.1 Å². The lowest BCUT2D eigenvalue weighted by Gasteiger charge is -2.31. The average Bonchev–Trinajstić information content (AvgIpc) is 2.81. The van der Waals surface area contributed by atoms with Gasteiger partial charge in [-0.25, -0.2) is 14.6 Å². The van der Waals surface area contributed by atoms with Gasteiger partial charge in [-0.05, 0) is 52.3 Å². The Morgan fingerprint density at radius 2 is 1.63 bits per heavy atom. The molecule has 0 aliphatic rings. The molecule has 1 aromatic carbocycles. The minimum absolute atomic E-state index is 0.0307. The van der Waals surface area contributed by atoms with Crippen LogP contribution in [0.15, 0.2) is 42.5 Å². The second-order valence-electron chi connectivity index (χ2n) is 9.70. The molecule has 0 spiro atoms. The van der Waals surface area contributed by atoms with Crippen molar-refractivity contribution in [1.82, 2.24) is 21.2 Å².